The molecular weight excluding hydrogens is 216 g/mol. The van der Waals surface area contributed by atoms with Crippen molar-refractivity contribution in [3.8, 4) is 0 Å². The standard InChI is InChI=1S/C13H28N2O2/c1-5-7-13(4,14)11(17)15-10-12(2,3)8-6-9-16/h16H,5-10,14H2,1-4H3,(H,15,17). The van der Waals surface area contributed by atoms with Crippen LogP contribution in [0.15, 0.2) is 0 Å². The second-order valence-electron chi connectivity index (χ2n) is 5.84. The lowest BCUT2D eigenvalue weighted by molar-refractivity contribution is -0.126. The third-order valence-corrected chi connectivity index (χ3v) is 3.03. The first kappa shape index (κ1) is 16.4. The number of hydrogen-bond acceptors (Lipinski definition) is 3. The van der Waals surface area contributed by atoms with Gasteiger partial charge in [0.05, 0.1) is 5.54 Å². The van der Waals surface area contributed by atoms with Crippen molar-refractivity contribution in [2.45, 2.75) is 58.9 Å². The molecule has 0 radical (unpaired) electrons. The molecule has 0 aromatic rings. The van der Waals surface area contributed by atoms with E-state index < -0.39 is 5.54 Å². The molecule has 102 valence electrons. The Morgan fingerprint density at radius 3 is 2.35 bits per heavy atom. The predicted octanol–water partition coefficient (Wildman–Crippen LogP) is 1.42. The van der Waals surface area contributed by atoms with E-state index >= 15 is 0 Å². The number of nitrogens with one attached hydrogen (secondary N) is 1. The number of nitrogens with two attached hydrogens (primary N) is 1. The minimum atomic E-state index is -0.776. The Kier molecular flexibility index (Phi) is 6.72. The van der Waals surface area contributed by atoms with Crippen LogP contribution < -0.4 is 11.1 Å². The van der Waals surface area contributed by atoms with Crippen molar-refractivity contribution in [1.29, 1.82) is 0 Å². The van der Waals surface area contributed by atoms with E-state index in [0.717, 1.165) is 19.3 Å². The number of carbonyl (C=O) groups excluding carboxylic acids is 1. The van der Waals surface area contributed by atoms with Crippen molar-refractivity contribution in [1.82, 2.24) is 5.32 Å². The Bertz CT molecular complexity index is 238. The molecule has 17 heavy (non-hydrogen) atoms. The highest BCUT2D eigenvalue weighted by Crippen LogP contribution is 2.21. The van der Waals surface area contributed by atoms with Gasteiger partial charge in [-0.3, -0.25) is 4.79 Å². The highest BCUT2D eigenvalue weighted by molar-refractivity contribution is 5.85. The molecule has 1 atom stereocenters. The van der Waals surface area contributed by atoms with Crippen LogP contribution in [0.5, 0.6) is 0 Å². The lowest BCUT2D eigenvalue weighted by Gasteiger charge is -2.28. The molecule has 0 aliphatic rings. The Hall–Kier alpha value is -0.610. The largest absolute Gasteiger partial charge is 0.396 e. The summed E-state index contributed by atoms with van der Waals surface area (Å²) in [4.78, 5) is 11.9. The van der Waals surface area contributed by atoms with E-state index in [1.807, 2.05) is 6.92 Å². The van der Waals surface area contributed by atoms with E-state index in [2.05, 4.69) is 19.2 Å². The average Bonchev–Trinajstić information content (AvgIpc) is 2.23. The number of rotatable bonds is 8. The molecule has 1 unspecified atom stereocenters. The second kappa shape index (κ2) is 6.97. The zero-order valence-electron chi connectivity index (χ0n) is 11.7. The fourth-order valence-corrected chi connectivity index (χ4v) is 1.80. The van der Waals surface area contributed by atoms with Gasteiger partial charge in [-0.25, -0.2) is 0 Å². The fraction of sp³-hybridized carbons (Fsp3) is 0.923. The Labute approximate surface area is 105 Å². The van der Waals surface area contributed by atoms with Gasteiger partial charge in [-0.05, 0) is 31.6 Å². The number of carbonyl (C=O) groups is 1. The van der Waals surface area contributed by atoms with Crippen LogP contribution in [0.3, 0.4) is 0 Å². The maximum Gasteiger partial charge on any atom is 0.239 e. The summed E-state index contributed by atoms with van der Waals surface area (Å²) in [5.74, 6) is -0.0866. The lowest BCUT2D eigenvalue weighted by Crippen LogP contribution is -2.53. The summed E-state index contributed by atoms with van der Waals surface area (Å²) in [5.41, 5.74) is 5.17. The quantitative estimate of drug-likeness (QED) is 0.604. The summed E-state index contributed by atoms with van der Waals surface area (Å²) in [6, 6.07) is 0. The van der Waals surface area contributed by atoms with Gasteiger partial charge in [0.1, 0.15) is 0 Å². The van der Waals surface area contributed by atoms with Crippen LogP contribution in [0, 0.1) is 5.41 Å². The zero-order valence-corrected chi connectivity index (χ0v) is 11.7. The summed E-state index contributed by atoms with van der Waals surface area (Å²) in [5, 5.41) is 11.7. The van der Waals surface area contributed by atoms with Crippen LogP contribution >= 0.6 is 0 Å². The topological polar surface area (TPSA) is 75.4 Å². The van der Waals surface area contributed by atoms with E-state index in [0.29, 0.717) is 13.0 Å². The van der Waals surface area contributed by atoms with Crippen LogP contribution in [-0.4, -0.2) is 29.7 Å². The van der Waals surface area contributed by atoms with Gasteiger partial charge in [0, 0.05) is 13.2 Å². The smallest absolute Gasteiger partial charge is 0.239 e. The molecule has 0 rings (SSSR count). The normalized spacial score (nSPS) is 15.4. The molecule has 0 aliphatic carbocycles. The van der Waals surface area contributed by atoms with Crippen LogP contribution in [0.25, 0.3) is 0 Å². The van der Waals surface area contributed by atoms with E-state index in [1.54, 1.807) is 6.92 Å². The minimum Gasteiger partial charge on any atom is -0.396 e. The van der Waals surface area contributed by atoms with Crippen LogP contribution in [0.4, 0.5) is 0 Å². The van der Waals surface area contributed by atoms with E-state index in [4.69, 9.17) is 10.8 Å². The number of amides is 1. The van der Waals surface area contributed by atoms with Crippen LogP contribution in [0.2, 0.25) is 0 Å². The molecule has 4 N–H and O–H groups in total. The molecule has 4 nitrogen and oxygen atoms in total. The number of hydrogen-bond donors (Lipinski definition) is 3. The molecule has 0 saturated heterocycles. The first-order chi connectivity index (χ1) is 7.75. The summed E-state index contributed by atoms with van der Waals surface area (Å²) in [6.45, 7) is 8.74. The fourth-order valence-electron chi connectivity index (χ4n) is 1.80. The van der Waals surface area contributed by atoms with Crippen LogP contribution in [0.1, 0.15) is 53.4 Å². The Morgan fingerprint density at radius 1 is 1.29 bits per heavy atom. The van der Waals surface area contributed by atoms with Gasteiger partial charge in [0.2, 0.25) is 5.91 Å². The SMILES string of the molecule is CCCC(C)(N)C(=O)NCC(C)(C)CCCO. The van der Waals surface area contributed by atoms with Crippen molar-refractivity contribution in [3.05, 3.63) is 0 Å². The van der Waals surface area contributed by atoms with E-state index in [1.165, 1.54) is 0 Å². The van der Waals surface area contributed by atoms with Gasteiger partial charge in [-0.1, -0.05) is 27.2 Å². The Morgan fingerprint density at radius 2 is 1.88 bits per heavy atom. The van der Waals surface area contributed by atoms with Gasteiger partial charge in [0.15, 0.2) is 0 Å². The van der Waals surface area contributed by atoms with Gasteiger partial charge in [0.25, 0.3) is 0 Å². The van der Waals surface area contributed by atoms with E-state index in [-0.39, 0.29) is 17.9 Å². The van der Waals surface area contributed by atoms with Crippen molar-refractivity contribution in [2.75, 3.05) is 13.2 Å². The van der Waals surface area contributed by atoms with Gasteiger partial charge < -0.3 is 16.2 Å². The average molecular weight is 244 g/mol. The Balaban J connectivity index is 4.14. The highest BCUT2D eigenvalue weighted by atomic mass is 16.2. The van der Waals surface area contributed by atoms with E-state index in [9.17, 15) is 4.79 Å². The molecule has 0 saturated carbocycles. The van der Waals surface area contributed by atoms with Crippen molar-refractivity contribution in [2.24, 2.45) is 11.1 Å². The molecule has 0 aromatic carbocycles. The van der Waals surface area contributed by atoms with Crippen molar-refractivity contribution >= 4 is 5.91 Å². The van der Waals surface area contributed by atoms with Gasteiger partial charge >= 0.3 is 0 Å². The maximum absolute atomic E-state index is 11.9. The summed E-state index contributed by atoms with van der Waals surface area (Å²) in [6.07, 6.45) is 3.24. The molecule has 0 spiro atoms. The third-order valence-electron chi connectivity index (χ3n) is 3.03. The van der Waals surface area contributed by atoms with Gasteiger partial charge in [-0.15, -0.1) is 0 Å². The van der Waals surface area contributed by atoms with Crippen molar-refractivity contribution < 1.29 is 9.90 Å². The minimum absolute atomic E-state index is 0.000679. The third kappa shape index (κ3) is 6.64. The molecule has 4 heteroatoms. The lowest BCUT2D eigenvalue weighted by atomic mass is 9.87. The molecule has 0 aromatic heterocycles. The summed E-state index contributed by atoms with van der Waals surface area (Å²) < 4.78 is 0. The monoisotopic (exact) mass is 244 g/mol. The number of aliphatic hydroxyl groups excluding tert-OH is 1. The zero-order chi connectivity index (χ0) is 13.5. The van der Waals surface area contributed by atoms with Crippen LogP contribution in [-0.2, 0) is 4.79 Å². The molecular formula is C13H28N2O2. The van der Waals surface area contributed by atoms with Crippen molar-refractivity contribution in [3.63, 3.8) is 0 Å². The predicted molar refractivity (Wildman–Crippen MR) is 70.6 cm³/mol. The first-order valence-electron chi connectivity index (χ1n) is 6.43. The second-order valence-corrected chi connectivity index (χ2v) is 5.84. The molecule has 1 amide bonds. The summed E-state index contributed by atoms with van der Waals surface area (Å²) in [7, 11) is 0. The molecule has 0 fully saturated rings. The highest BCUT2D eigenvalue weighted by Gasteiger charge is 2.28. The first-order valence-corrected chi connectivity index (χ1v) is 6.43. The molecule has 0 aliphatic heterocycles. The number of aliphatic hydroxyl groups is 1. The summed E-state index contributed by atoms with van der Waals surface area (Å²) >= 11 is 0. The molecule has 0 bridgehead atoms. The molecule has 0 heterocycles. The maximum atomic E-state index is 11.9. The van der Waals surface area contributed by atoms with Gasteiger partial charge in [-0.2, -0.15) is 0 Å².